The molecular weight excluding hydrogens is 220 g/mol. The summed E-state index contributed by atoms with van der Waals surface area (Å²) in [4.78, 5) is 14.4. The molecule has 0 aliphatic heterocycles. The summed E-state index contributed by atoms with van der Waals surface area (Å²) in [6.07, 6.45) is 3.59. The largest absolute Gasteiger partial charge is 0.481 e. The summed E-state index contributed by atoms with van der Waals surface area (Å²) in [6.45, 7) is 1.56. The Bertz CT molecular complexity index is 338. The van der Waals surface area contributed by atoms with Gasteiger partial charge in [0.25, 0.3) is 0 Å². The number of ether oxygens (including phenoxy) is 1. The van der Waals surface area contributed by atoms with Gasteiger partial charge in [-0.25, -0.2) is 4.98 Å². The Labute approximate surface area is 101 Å². The van der Waals surface area contributed by atoms with Crippen molar-refractivity contribution >= 4 is 5.97 Å². The maximum Gasteiger partial charge on any atom is 0.303 e. The van der Waals surface area contributed by atoms with Gasteiger partial charge in [0.15, 0.2) is 0 Å². The molecule has 0 amide bonds. The average molecular weight is 238 g/mol. The van der Waals surface area contributed by atoms with E-state index in [4.69, 9.17) is 9.84 Å². The van der Waals surface area contributed by atoms with Crippen LogP contribution in [0, 0.1) is 0 Å². The van der Waals surface area contributed by atoms with Gasteiger partial charge in [0, 0.05) is 25.2 Å². The van der Waals surface area contributed by atoms with Gasteiger partial charge in [0.05, 0.1) is 7.11 Å². The Morgan fingerprint density at radius 1 is 1.47 bits per heavy atom. The number of aliphatic carboxylic acids is 1. The van der Waals surface area contributed by atoms with Crippen LogP contribution in [0.4, 0.5) is 0 Å². The molecule has 0 aliphatic rings. The van der Waals surface area contributed by atoms with Crippen molar-refractivity contribution < 1.29 is 14.6 Å². The van der Waals surface area contributed by atoms with E-state index in [-0.39, 0.29) is 6.42 Å². The number of aromatic nitrogens is 1. The number of hydrogen-bond acceptors (Lipinski definition) is 4. The Balaban J connectivity index is 2.11. The third-order valence-corrected chi connectivity index (χ3v) is 2.33. The van der Waals surface area contributed by atoms with Gasteiger partial charge in [-0.2, -0.15) is 0 Å². The predicted molar refractivity (Wildman–Crippen MR) is 64.0 cm³/mol. The molecule has 0 fully saturated rings. The zero-order valence-electron chi connectivity index (χ0n) is 9.98. The molecule has 0 aromatic carbocycles. The summed E-state index contributed by atoms with van der Waals surface area (Å²) >= 11 is 0. The average Bonchev–Trinajstić information content (AvgIpc) is 2.34. The molecule has 5 heteroatoms. The van der Waals surface area contributed by atoms with Gasteiger partial charge in [-0.05, 0) is 24.9 Å². The minimum absolute atomic E-state index is 0.242. The first kappa shape index (κ1) is 13.4. The lowest BCUT2D eigenvalue weighted by Gasteiger charge is -2.04. The third-order valence-electron chi connectivity index (χ3n) is 2.33. The molecule has 1 aromatic rings. The number of methoxy groups -OCH3 is 1. The van der Waals surface area contributed by atoms with Crippen molar-refractivity contribution in [3.63, 3.8) is 0 Å². The molecule has 1 rings (SSSR count). The number of carboxylic acid groups (broad SMARTS) is 1. The van der Waals surface area contributed by atoms with Crippen LogP contribution in [0.5, 0.6) is 5.88 Å². The Morgan fingerprint density at radius 3 is 2.88 bits per heavy atom. The number of unbranched alkanes of at least 4 members (excludes halogenated alkanes) is 1. The molecule has 0 radical (unpaired) electrons. The minimum Gasteiger partial charge on any atom is -0.481 e. The summed E-state index contributed by atoms with van der Waals surface area (Å²) in [5.41, 5.74) is 1.09. The van der Waals surface area contributed by atoms with Crippen LogP contribution in [-0.2, 0) is 11.3 Å². The van der Waals surface area contributed by atoms with E-state index in [0.717, 1.165) is 25.1 Å². The van der Waals surface area contributed by atoms with Crippen LogP contribution in [-0.4, -0.2) is 29.7 Å². The molecule has 0 aliphatic carbocycles. The van der Waals surface area contributed by atoms with E-state index in [1.807, 2.05) is 12.1 Å². The van der Waals surface area contributed by atoms with E-state index in [0.29, 0.717) is 12.3 Å². The van der Waals surface area contributed by atoms with Crippen molar-refractivity contribution in [3.05, 3.63) is 23.9 Å². The zero-order valence-corrected chi connectivity index (χ0v) is 9.98. The number of nitrogens with zero attached hydrogens (tertiary/aromatic N) is 1. The fourth-order valence-corrected chi connectivity index (χ4v) is 1.40. The molecule has 0 spiro atoms. The molecule has 0 bridgehead atoms. The zero-order chi connectivity index (χ0) is 12.5. The summed E-state index contributed by atoms with van der Waals surface area (Å²) in [5, 5.41) is 11.7. The minimum atomic E-state index is -0.732. The van der Waals surface area contributed by atoms with Gasteiger partial charge in [-0.1, -0.05) is 6.07 Å². The standard InChI is InChI=1S/C12H18N2O3/c1-17-11-6-5-10(9-14-11)8-13-7-3-2-4-12(15)16/h5-6,9,13H,2-4,7-8H2,1H3,(H,15,16). The first-order valence-corrected chi connectivity index (χ1v) is 5.64. The molecule has 0 saturated carbocycles. The second kappa shape index (κ2) is 7.62. The van der Waals surface area contributed by atoms with Crippen molar-refractivity contribution in [1.82, 2.24) is 10.3 Å². The van der Waals surface area contributed by atoms with Crippen molar-refractivity contribution in [2.75, 3.05) is 13.7 Å². The van der Waals surface area contributed by atoms with Gasteiger partial charge in [0.2, 0.25) is 5.88 Å². The normalized spacial score (nSPS) is 10.2. The predicted octanol–water partition coefficient (Wildman–Crippen LogP) is 1.43. The van der Waals surface area contributed by atoms with Crippen LogP contribution in [0.1, 0.15) is 24.8 Å². The van der Waals surface area contributed by atoms with Gasteiger partial charge in [-0.15, -0.1) is 0 Å². The molecule has 1 heterocycles. The second-order valence-corrected chi connectivity index (χ2v) is 3.74. The first-order chi connectivity index (χ1) is 8.22. The van der Waals surface area contributed by atoms with Crippen LogP contribution < -0.4 is 10.1 Å². The van der Waals surface area contributed by atoms with Crippen molar-refractivity contribution in [3.8, 4) is 5.88 Å². The highest BCUT2D eigenvalue weighted by Gasteiger charge is 1.97. The summed E-state index contributed by atoms with van der Waals surface area (Å²) < 4.78 is 4.96. The van der Waals surface area contributed by atoms with E-state index >= 15 is 0 Å². The molecule has 0 saturated heterocycles. The van der Waals surface area contributed by atoms with Crippen LogP contribution >= 0.6 is 0 Å². The number of rotatable bonds is 8. The molecular formula is C12H18N2O3. The number of carboxylic acids is 1. The lowest BCUT2D eigenvalue weighted by molar-refractivity contribution is -0.137. The van der Waals surface area contributed by atoms with Gasteiger partial charge >= 0.3 is 5.97 Å². The van der Waals surface area contributed by atoms with E-state index in [1.54, 1.807) is 13.3 Å². The second-order valence-electron chi connectivity index (χ2n) is 3.74. The van der Waals surface area contributed by atoms with Crippen molar-refractivity contribution in [2.45, 2.75) is 25.8 Å². The summed E-state index contributed by atoms with van der Waals surface area (Å²) in [5.74, 6) is -0.125. The fourth-order valence-electron chi connectivity index (χ4n) is 1.40. The lowest BCUT2D eigenvalue weighted by atomic mass is 10.2. The van der Waals surface area contributed by atoms with Crippen LogP contribution in [0.15, 0.2) is 18.3 Å². The molecule has 2 N–H and O–H groups in total. The topological polar surface area (TPSA) is 71.5 Å². The smallest absolute Gasteiger partial charge is 0.303 e. The van der Waals surface area contributed by atoms with E-state index in [1.165, 1.54) is 0 Å². The van der Waals surface area contributed by atoms with E-state index in [2.05, 4.69) is 10.3 Å². The summed E-state index contributed by atoms with van der Waals surface area (Å²) in [7, 11) is 1.59. The van der Waals surface area contributed by atoms with Crippen LogP contribution in [0.3, 0.4) is 0 Å². The maximum absolute atomic E-state index is 10.3. The number of pyridine rings is 1. The highest BCUT2D eigenvalue weighted by molar-refractivity contribution is 5.66. The first-order valence-electron chi connectivity index (χ1n) is 5.64. The molecule has 94 valence electrons. The molecule has 0 unspecified atom stereocenters. The SMILES string of the molecule is COc1ccc(CNCCCCC(=O)O)cn1. The van der Waals surface area contributed by atoms with Crippen molar-refractivity contribution in [1.29, 1.82) is 0 Å². The maximum atomic E-state index is 10.3. The quantitative estimate of drug-likeness (QED) is 0.670. The van der Waals surface area contributed by atoms with Gasteiger partial charge in [-0.3, -0.25) is 4.79 Å². The van der Waals surface area contributed by atoms with E-state index < -0.39 is 5.97 Å². The van der Waals surface area contributed by atoms with Crippen molar-refractivity contribution in [2.24, 2.45) is 0 Å². The highest BCUT2D eigenvalue weighted by atomic mass is 16.5. The summed E-state index contributed by atoms with van der Waals surface area (Å²) in [6, 6.07) is 3.78. The fraction of sp³-hybridized carbons (Fsp3) is 0.500. The Morgan fingerprint density at radius 2 is 2.29 bits per heavy atom. The van der Waals surface area contributed by atoms with E-state index in [9.17, 15) is 4.79 Å². The molecule has 0 atom stereocenters. The Hall–Kier alpha value is -1.62. The lowest BCUT2D eigenvalue weighted by Crippen LogP contribution is -2.15. The molecule has 17 heavy (non-hydrogen) atoms. The Kier molecular flexibility index (Phi) is 6.03. The van der Waals surface area contributed by atoms with Crippen LogP contribution in [0.2, 0.25) is 0 Å². The monoisotopic (exact) mass is 238 g/mol. The molecule has 1 aromatic heterocycles. The number of nitrogens with one attached hydrogen (secondary N) is 1. The third kappa shape index (κ3) is 5.87. The van der Waals surface area contributed by atoms with Crippen LogP contribution in [0.25, 0.3) is 0 Å². The number of hydrogen-bond donors (Lipinski definition) is 2. The van der Waals surface area contributed by atoms with Gasteiger partial charge < -0.3 is 15.2 Å². The van der Waals surface area contributed by atoms with Gasteiger partial charge in [0.1, 0.15) is 0 Å². The molecule has 5 nitrogen and oxygen atoms in total. The highest BCUT2D eigenvalue weighted by Crippen LogP contribution is 2.06. The number of carbonyl (C=O) groups is 1.